The highest BCUT2D eigenvalue weighted by atomic mass is 32.1. The molecular weight excluding hydrogens is 404 g/mol. The van der Waals surface area contributed by atoms with Gasteiger partial charge >= 0.3 is 0 Å². The van der Waals surface area contributed by atoms with Crippen LogP contribution in [-0.4, -0.2) is 32.7 Å². The number of likely N-dealkylation sites (tertiary alicyclic amines) is 1. The summed E-state index contributed by atoms with van der Waals surface area (Å²) in [6.45, 7) is 5.04. The molecule has 0 saturated carbocycles. The number of hydrogen-bond donors (Lipinski definition) is 0. The molecule has 0 bridgehead atoms. The lowest BCUT2D eigenvalue weighted by atomic mass is 10.1. The summed E-state index contributed by atoms with van der Waals surface area (Å²) in [5.41, 5.74) is 1.73. The fourth-order valence-corrected chi connectivity index (χ4v) is 5.71. The van der Waals surface area contributed by atoms with Crippen molar-refractivity contribution in [3.8, 4) is 10.4 Å². The Hall–Kier alpha value is -2.29. The zero-order valence-electron chi connectivity index (χ0n) is 16.3. The van der Waals surface area contributed by atoms with E-state index < -0.39 is 0 Å². The molecule has 1 saturated heterocycles. The maximum atomic E-state index is 13.6. The topological polar surface area (TPSA) is 64.2 Å². The molecule has 0 N–H and O–H groups in total. The van der Waals surface area contributed by atoms with Gasteiger partial charge in [0.2, 0.25) is 0 Å². The van der Waals surface area contributed by atoms with Crippen LogP contribution >= 0.6 is 22.7 Å². The minimum Gasteiger partial charge on any atom is -0.361 e. The molecule has 0 amide bonds. The van der Waals surface area contributed by atoms with Crippen molar-refractivity contribution in [3.63, 3.8) is 0 Å². The van der Waals surface area contributed by atoms with Crippen molar-refractivity contribution < 1.29 is 4.52 Å². The smallest absolute Gasteiger partial charge is 0.263 e. The monoisotopic (exact) mass is 426 g/mol. The van der Waals surface area contributed by atoms with Gasteiger partial charge in [0.1, 0.15) is 22.1 Å². The Morgan fingerprint density at radius 2 is 2.03 bits per heavy atom. The molecule has 0 unspecified atom stereocenters. The highest BCUT2D eigenvalue weighted by Gasteiger charge is 2.21. The Morgan fingerprint density at radius 1 is 1.17 bits per heavy atom. The number of piperidine rings is 1. The van der Waals surface area contributed by atoms with E-state index in [0.29, 0.717) is 18.5 Å². The van der Waals surface area contributed by atoms with Crippen LogP contribution in [0.5, 0.6) is 0 Å². The summed E-state index contributed by atoms with van der Waals surface area (Å²) in [4.78, 5) is 22.9. The molecule has 0 spiro atoms. The van der Waals surface area contributed by atoms with Gasteiger partial charge in [0.25, 0.3) is 5.56 Å². The van der Waals surface area contributed by atoms with E-state index in [0.717, 1.165) is 45.6 Å². The van der Waals surface area contributed by atoms with Gasteiger partial charge in [-0.3, -0.25) is 14.3 Å². The first-order chi connectivity index (χ1) is 14.2. The third kappa shape index (κ3) is 3.68. The van der Waals surface area contributed by atoms with Crippen molar-refractivity contribution >= 4 is 32.9 Å². The predicted octanol–water partition coefficient (Wildman–Crippen LogP) is 4.52. The Kier molecular flexibility index (Phi) is 5.07. The normalized spacial score (nSPS) is 15.3. The Balaban J connectivity index is 1.63. The number of hydrogen-bond acceptors (Lipinski definition) is 7. The molecule has 8 heteroatoms. The maximum absolute atomic E-state index is 13.6. The van der Waals surface area contributed by atoms with Gasteiger partial charge in [0, 0.05) is 21.9 Å². The summed E-state index contributed by atoms with van der Waals surface area (Å²) < 4.78 is 7.02. The molecule has 0 atom stereocenters. The minimum atomic E-state index is 0.00677. The maximum Gasteiger partial charge on any atom is 0.263 e. The Labute approximate surface area is 176 Å². The van der Waals surface area contributed by atoms with E-state index in [-0.39, 0.29) is 5.56 Å². The van der Waals surface area contributed by atoms with Crippen molar-refractivity contribution in [3.05, 3.63) is 56.6 Å². The highest BCUT2D eigenvalue weighted by molar-refractivity contribution is 7.18. The molecule has 1 fully saturated rings. The molecule has 29 heavy (non-hydrogen) atoms. The van der Waals surface area contributed by atoms with Crippen molar-refractivity contribution in [1.82, 2.24) is 19.6 Å². The van der Waals surface area contributed by atoms with E-state index in [9.17, 15) is 4.79 Å². The molecule has 4 aromatic heterocycles. The fraction of sp³-hybridized carbons (Fsp3) is 0.381. The Morgan fingerprint density at radius 3 is 2.76 bits per heavy atom. The lowest BCUT2D eigenvalue weighted by Gasteiger charge is -2.26. The number of aryl methyl sites for hydroxylation is 1. The zero-order chi connectivity index (χ0) is 19.8. The number of thiophene rings is 2. The first-order valence-electron chi connectivity index (χ1n) is 9.88. The molecule has 0 aromatic carbocycles. The van der Waals surface area contributed by atoms with Gasteiger partial charge in [0.15, 0.2) is 0 Å². The number of aromatic nitrogens is 3. The minimum absolute atomic E-state index is 0.00677. The summed E-state index contributed by atoms with van der Waals surface area (Å²) in [7, 11) is 0. The highest BCUT2D eigenvalue weighted by Crippen LogP contribution is 2.34. The van der Waals surface area contributed by atoms with Crippen LogP contribution in [0.1, 0.15) is 36.5 Å². The van der Waals surface area contributed by atoms with Crippen molar-refractivity contribution in [2.24, 2.45) is 0 Å². The molecule has 0 radical (unpaired) electrons. The molecule has 1 aliphatic heterocycles. The first-order valence-corrected chi connectivity index (χ1v) is 11.6. The van der Waals surface area contributed by atoms with Crippen LogP contribution in [0, 0.1) is 6.92 Å². The van der Waals surface area contributed by atoms with E-state index in [4.69, 9.17) is 9.51 Å². The summed E-state index contributed by atoms with van der Waals surface area (Å²) in [5.74, 6) is 1.55. The lowest BCUT2D eigenvalue weighted by Crippen LogP contribution is -2.34. The average Bonchev–Trinajstić information content (AvgIpc) is 3.46. The molecule has 4 aromatic rings. The quantitative estimate of drug-likeness (QED) is 0.470. The summed E-state index contributed by atoms with van der Waals surface area (Å²) >= 11 is 3.20. The summed E-state index contributed by atoms with van der Waals surface area (Å²) in [6, 6.07) is 5.95. The SMILES string of the molecule is Cc1cc(Cn2c(CN3CCCCC3)nc3scc(-c4cccs4)c3c2=O)no1. The second kappa shape index (κ2) is 7.85. The van der Waals surface area contributed by atoms with Crippen molar-refractivity contribution in [2.75, 3.05) is 13.1 Å². The molecule has 5 heterocycles. The first kappa shape index (κ1) is 18.7. The van der Waals surface area contributed by atoms with Gasteiger partial charge < -0.3 is 4.52 Å². The molecular formula is C21H22N4O2S2. The van der Waals surface area contributed by atoms with Gasteiger partial charge in [-0.25, -0.2) is 4.98 Å². The van der Waals surface area contributed by atoms with Crippen LogP contribution < -0.4 is 5.56 Å². The van der Waals surface area contributed by atoms with E-state index in [1.807, 2.05) is 24.4 Å². The second-order valence-corrected chi connectivity index (χ2v) is 9.30. The molecule has 0 aliphatic carbocycles. The van der Waals surface area contributed by atoms with Gasteiger partial charge in [-0.2, -0.15) is 0 Å². The van der Waals surface area contributed by atoms with E-state index >= 15 is 0 Å². The molecule has 150 valence electrons. The fourth-order valence-electron chi connectivity index (χ4n) is 3.94. The molecule has 5 rings (SSSR count). The third-order valence-corrected chi connectivity index (χ3v) is 7.15. The van der Waals surface area contributed by atoms with Gasteiger partial charge in [-0.15, -0.1) is 22.7 Å². The molecule has 1 aliphatic rings. The van der Waals surface area contributed by atoms with E-state index in [1.165, 1.54) is 19.3 Å². The van der Waals surface area contributed by atoms with E-state index in [2.05, 4.69) is 21.5 Å². The average molecular weight is 427 g/mol. The standard InChI is InChI=1S/C21H22N4O2S2/c1-14-10-15(23-27-14)11-25-18(12-24-7-3-2-4-8-24)22-20-19(21(25)26)16(13-29-20)17-6-5-9-28-17/h5-6,9-10,13H,2-4,7-8,11-12H2,1H3. The van der Waals surface area contributed by atoms with E-state index in [1.54, 1.807) is 27.2 Å². The van der Waals surface area contributed by atoms with Crippen molar-refractivity contribution in [1.29, 1.82) is 0 Å². The number of fused-ring (bicyclic) bond motifs is 1. The number of nitrogens with zero attached hydrogens (tertiary/aromatic N) is 4. The summed E-state index contributed by atoms with van der Waals surface area (Å²) in [6.07, 6.45) is 3.69. The van der Waals surface area contributed by atoms with Crippen LogP contribution in [-0.2, 0) is 13.1 Å². The lowest BCUT2D eigenvalue weighted by molar-refractivity contribution is 0.212. The van der Waals surface area contributed by atoms with Gasteiger partial charge in [-0.05, 0) is 44.3 Å². The third-order valence-electron chi connectivity index (χ3n) is 5.37. The zero-order valence-corrected chi connectivity index (χ0v) is 17.9. The van der Waals surface area contributed by atoms with Gasteiger partial charge in [0.05, 0.1) is 18.5 Å². The van der Waals surface area contributed by atoms with Crippen LogP contribution in [0.15, 0.2) is 38.3 Å². The van der Waals surface area contributed by atoms with Gasteiger partial charge in [-0.1, -0.05) is 17.6 Å². The van der Waals surface area contributed by atoms with Crippen LogP contribution in [0.25, 0.3) is 20.7 Å². The summed E-state index contributed by atoms with van der Waals surface area (Å²) in [5, 5.41) is 8.91. The second-order valence-electron chi connectivity index (χ2n) is 7.49. The predicted molar refractivity (Wildman–Crippen MR) is 117 cm³/mol. The van der Waals surface area contributed by atoms with Crippen LogP contribution in [0.3, 0.4) is 0 Å². The molecule has 6 nitrogen and oxygen atoms in total. The van der Waals surface area contributed by atoms with Crippen molar-refractivity contribution in [2.45, 2.75) is 39.3 Å². The largest absolute Gasteiger partial charge is 0.361 e. The van der Waals surface area contributed by atoms with Crippen LogP contribution in [0.4, 0.5) is 0 Å². The Bertz CT molecular complexity index is 1180. The number of rotatable bonds is 5. The van der Waals surface area contributed by atoms with Crippen LogP contribution in [0.2, 0.25) is 0 Å².